The fraction of sp³-hybridized carbons (Fsp3) is 1.00. The van der Waals surface area contributed by atoms with Crippen molar-refractivity contribution in [1.29, 1.82) is 0 Å². The summed E-state index contributed by atoms with van der Waals surface area (Å²) >= 11 is 0. The molecule has 4 atom stereocenters. The van der Waals surface area contributed by atoms with Crippen LogP contribution in [0.15, 0.2) is 0 Å². The Morgan fingerprint density at radius 3 is 2.40 bits per heavy atom. The third-order valence-corrected chi connectivity index (χ3v) is 3.90. The fourth-order valence-electron chi connectivity index (χ4n) is 2.79. The van der Waals surface area contributed by atoms with E-state index in [2.05, 4.69) is 31.0 Å². The molecule has 2 rings (SSSR count). The lowest BCUT2D eigenvalue weighted by atomic mass is 10.1. The number of hydrogen-bond acceptors (Lipinski definition) is 3. The van der Waals surface area contributed by atoms with Crippen LogP contribution in [0.4, 0.5) is 0 Å². The maximum atomic E-state index is 5.86. The molecule has 2 fully saturated rings. The van der Waals surface area contributed by atoms with Crippen LogP contribution in [0.5, 0.6) is 0 Å². The van der Waals surface area contributed by atoms with Gasteiger partial charge in [-0.25, -0.2) is 0 Å². The molecule has 0 aliphatic carbocycles. The Balaban J connectivity index is 1.87. The van der Waals surface area contributed by atoms with Gasteiger partial charge in [0.15, 0.2) is 0 Å². The lowest BCUT2D eigenvalue weighted by molar-refractivity contribution is -0.0540. The van der Waals surface area contributed by atoms with Crippen molar-refractivity contribution in [2.45, 2.75) is 57.9 Å². The highest BCUT2D eigenvalue weighted by Gasteiger charge is 2.36. The number of nitrogens with zero attached hydrogens (tertiary/aromatic N) is 1. The number of rotatable bonds is 4. The average molecular weight is 212 g/mol. The Bertz CT molecular complexity index is 198. The molecule has 0 aromatic heterocycles. The molecule has 0 aromatic rings. The molecule has 3 heteroatoms. The first kappa shape index (κ1) is 11.4. The van der Waals surface area contributed by atoms with Gasteiger partial charge in [-0.05, 0) is 33.2 Å². The molecule has 2 saturated heterocycles. The second kappa shape index (κ2) is 4.81. The third kappa shape index (κ3) is 2.52. The Labute approximate surface area is 93.2 Å². The van der Waals surface area contributed by atoms with Gasteiger partial charge in [-0.3, -0.25) is 4.90 Å². The Hall–Kier alpha value is -0.120. The molecule has 15 heavy (non-hydrogen) atoms. The fourth-order valence-corrected chi connectivity index (χ4v) is 2.79. The van der Waals surface area contributed by atoms with Gasteiger partial charge in [0, 0.05) is 25.2 Å². The largest absolute Gasteiger partial charge is 0.372 e. The second-order valence-electron chi connectivity index (χ2n) is 5.00. The van der Waals surface area contributed by atoms with Crippen LogP contribution in [0.1, 0.15) is 33.6 Å². The molecule has 0 spiro atoms. The van der Waals surface area contributed by atoms with Crippen molar-refractivity contribution in [1.82, 2.24) is 10.2 Å². The van der Waals surface area contributed by atoms with Gasteiger partial charge in [0.1, 0.15) is 0 Å². The summed E-state index contributed by atoms with van der Waals surface area (Å²) in [6, 6.07) is 1.20. The summed E-state index contributed by atoms with van der Waals surface area (Å²) in [5, 5.41) is 3.51. The van der Waals surface area contributed by atoms with Gasteiger partial charge in [-0.1, -0.05) is 6.92 Å². The number of likely N-dealkylation sites (tertiary alicyclic amines) is 1. The first-order valence-electron chi connectivity index (χ1n) is 6.33. The number of nitrogens with one attached hydrogen (secondary N) is 1. The predicted octanol–water partition coefficient (Wildman–Crippen LogP) is 1.24. The third-order valence-electron chi connectivity index (χ3n) is 3.90. The van der Waals surface area contributed by atoms with E-state index in [1.165, 1.54) is 12.8 Å². The highest BCUT2D eigenvalue weighted by molar-refractivity contribution is 4.89. The molecule has 2 aliphatic heterocycles. The minimum atomic E-state index is 0.514. The van der Waals surface area contributed by atoms with Crippen molar-refractivity contribution in [3.8, 4) is 0 Å². The van der Waals surface area contributed by atoms with Gasteiger partial charge in [0.2, 0.25) is 0 Å². The van der Waals surface area contributed by atoms with Crippen LogP contribution in [0.3, 0.4) is 0 Å². The minimum Gasteiger partial charge on any atom is -0.372 e. The van der Waals surface area contributed by atoms with Gasteiger partial charge in [-0.2, -0.15) is 0 Å². The first-order valence-corrected chi connectivity index (χ1v) is 6.33. The molecular weight excluding hydrogens is 188 g/mol. The summed E-state index contributed by atoms with van der Waals surface area (Å²) in [5.74, 6) is 0. The standard InChI is InChI=1S/C12H24N2O/c1-4-13-9(2)10(3)14-7-11-5-6-12(8-14)15-11/h9-13H,4-8H2,1-3H3. The summed E-state index contributed by atoms with van der Waals surface area (Å²) in [5.41, 5.74) is 0. The van der Waals surface area contributed by atoms with Crippen LogP contribution in [0.2, 0.25) is 0 Å². The molecule has 2 bridgehead atoms. The molecule has 88 valence electrons. The minimum absolute atomic E-state index is 0.514. The summed E-state index contributed by atoms with van der Waals surface area (Å²) in [6.07, 6.45) is 3.56. The quantitative estimate of drug-likeness (QED) is 0.759. The van der Waals surface area contributed by atoms with Gasteiger partial charge < -0.3 is 10.1 Å². The van der Waals surface area contributed by atoms with Crippen LogP contribution >= 0.6 is 0 Å². The Morgan fingerprint density at radius 1 is 1.27 bits per heavy atom. The van der Waals surface area contributed by atoms with Crippen LogP contribution in [0, 0.1) is 0 Å². The van der Waals surface area contributed by atoms with Crippen LogP contribution in [-0.4, -0.2) is 48.8 Å². The molecule has 0 aromatic carbocycles. The van der Waals surface area contributed by atoms with Gasteiger partial charge in [-0.15, -0.1) is 0 Å². The van der Waals surface area contributed by atoms with E-state index < -0.39 is 0 Å². The lowest BCUT2D eigenvalue weighted by Crippen LogP contribution is -2.53. The summed E-state index contributed by atoms with van der Waals surface area (Å²) < 4.78 is 5.86. The topological polar surface area (TPSA) is 24.5 Å². The van der Waals surface area contributed by atoms with Crippen molar-refractivity contribution < 1.29 is 4.74 Å². The monoisotopic (exact) mass is 212 g/mol. The van der Waals surface area contributed by atoms with Crippen molar-refractivity contribution in [3.05, 3.63) is 0 Å². The molecule has 3 nitrogen and oxygen atoms in total. The molecule has 4 unspecified atom stereocenters. The molecule has 0 saturated carbocycles. The van der Waals surface area contributed by atoms with Crippen LogP contribution < -0.4 is 5.32 Å². The van der Waals surface area contributed by atoms with Crippen molar-refractivity contribution in [3.63, 3.8) is 0 Å². The lowest BCUT2D eigenvalue weighted by Gasteiger charge is -2.39. The van der Waals surface area contributed by atoms with Crippen molar-refractivity contribution in [2.24, 2.45) is 0 Å². The van der Waals surface area contributed by atoms with E-state index in [0.717, 1.165) is 19.6 Å². The van der Waals surface area contributed by atoms with E-state index in [1.54, 1.807) is 0 Å². The average Bonchev–Trinajstić information content (AvgIpc) is 2.57. The number of ether oxygens (including phenoxy) is 1. The predicted molar refractivity (Wildman–Crippen MR) is 62.1 cm³/mol. The highest BCUT2D eigenvalue weighted by Crippen LogP contribution is 2.27. The van der Waals surface area contributed by atoms with E-state index in [4.69, 9.17) is 4.74 Å². The smallest absolute Gasteiger partial charge is 0.0707 e. The molecular formula is C12H24N2O. The van der Waals surface area contributed by atoms with Crippen molar-refractivity contribution in [2.75, 3.05) is 19.6 Å². The molecule has 2 aliphatic rings. The first-order chi connectivity index (χ1) is 7.20. The van der Waals surface area contributed by atoms with Gasteiger partial charge in [0.05, 0.1) is 12.2 Å². The zero-order valence-corrected chi connectivity index (χ0v) is 10.2. The van der Waals surface area contributed by atoms with Crippen LogP contribution in [0.25, 0.3) is 0 Å². The normalized spacial score (nSPS) is 35.4. The number of morpholine rings is 1. The Morgan fingerprint density at radius 2 is 1.87 bits per heavy atom. The zero-order valence-electron chi connectivity index (χ0n) is 10.2. The Kier molecular flexibility index (Phi) is 3.65. The molecule has 0 radical (unpaired) electrons. The molecule has 1 N–H and O–H groups in total. The maximum absolute atomic E-state index is 5.86. The number of hydrogen-bond donors (Lipinski definition) is 1. The van der Waals surface area contributed by atoms with E-state index in [0.29, 0.717) is 24.3 Å². The number of fused-ring (bicyclic) bond motifs is 2. The maximum Gasteiger partial charge on any atom is 0.0707 e. The SMILES string of the molecule is CCNC(C)C(C)N1CC2CCC(C1)O2. The highest BCUT2D eigenvalue weighted by atomic mass is 16.5. The second-order valence-corrected chi connectivity index (χ2v) is 5.00. The van der Waals surface area contributed by atoms with E-state index in [9.17, 15) is 0 Å². The molecule has 0 amide bonds. The summed E-state index contributed by atoms with van der Waals surface area (Å²) in [6.45, 7) is 10.1. The van der Waals surface area contributed by atoms with E-state index in [-0.39, 0.29) is 0 Å². The van der Waals surface area contributed by atoms with Crippen LogP contribution in [-0.2, 0) is 4.74 Å². The zero-order chi connectivity index (χ0) is 10.8. The van der Waals surface area contributed by atoms with E-state index >= 15 is 0 Å². The summed E-state index contributed by atoms with van der Waals surface area (Å²) in [7, 11) is 0. The van der Waals surface area contributed by atoms with Gasteiger partial charge in [0.25, 0.3) is 0 Å². The number of likely N-dealkylation sites (N-methyl/N-ethyl adjacent to an activating group) is 1. The van der Waals surface area contributed by atoms with E-state index in [1.807, 2.05) is 0 Å². The summed E-state index contributed by atoms with van der Waals surface area (Å²) in [4.78, 5) is 2.60. The van der Waals surface area contributed by atoms with Crippen molar-refractivity contribution >= 4 is 0 Å². The molecule has 2 heterocycles. The van der Waals surface area contributed by atoms with Gasteiger partial charge >= 0.3 is 0 Å².